The fourth-order valence-electron chi connectivity index (χ4n) is 4.55. The maximum absolute atomic E-state index is 13.7. The minimum atomic E-state index is -0.632. The number of aryl methyl sites for hydroxylation is 1. The largest absolute Gasteiger partial charge is 0.352 e. The predicted octanol–water partition coefficient (Wildman–Crippen LogP) is 4.44. The van der Waals surface area contributed by atoms with Crippen LogP contribution in [0.4, 0.5) is 5.69 Å². The first-order valence-corrected chi connectivity index (χ1v) is 11.8. The van der Waals surface area contributed by atoms with E-state index < -0.39 is 6.04 Å². The van der Waals surface area contributed by atoms with Crippen LogP contribution in [0.3, 0.4) is 0 Å². The molecule has 3 amide bonds. The van der Waals surface area contributed by atoms with Gasteiger partial charge in [-0.1, -0.05) is 61.0 Å². The van der Waals surface area contributed by atoms with Gasteiger partial charge in [0, 0.05) is 23.5 Å². The molecule has 0 aromatic heterocycles. The number of anilines is 1. The zero-order valence-corrected chi connectivity index (χ0v) is 20.2. The molecular weight excluding hydrogens is 426 g/mol. The molecule has 176 valence electrons. The molecule has 0 bridgehead atoms. The van der Waals surface area contributed by atoms with Crippen molar-refractivity contribution in [1.29, 1.82) is 0 Å². The lowest BCUT2D eigenvalue weighted by Crippen LogP contribution is -2.53. The van der Waals surface area contributed by atoms with Gasteiger partial charge in [-0.05, 0) is 50.3 Å². The van der Waals surface area contributed by atoms with Crippen molar-refractivity contribution in [2.75, 3.05) is 11.4 Å². The molecule has 3 aromatic rings. The first-order chi connectivity index (χ1) is 16.3. The number of benzene rings is 3. The fraction of sp³-hybridized carbons (Fsp3) is 0.321. The Bertz CT molecular complexity index is 1230. The van der Waals surface area contributed by atoms with Crippen molar-refractivity contribution in [3.8, 4) is 0 Å². The van der Waals surface area contributed by atoms with Crippen molar-refractivity contribution < 1.29 is 14.4 Å². The summed E-state index contributed by atoms with van der Waals surface area (Å²) < 4.78 is 0. The molecule has 0 radical (unpaired) electrons. The summed E-state index contributed by atoms with van der Waals surface area (Å²) in [6.07, 6.45) is 0.472. The van der Waals surface area contributed by atoms with Crippen LogP contribution in [0.1, 0.15) is 48.7 Å². The monoisotopic (exact) mass is 457 g/mol. The van der Waals surface area contributed by atoms with E-state index in [1.165, 1.54) is 4.90 Å². The number of amides is 3. The average Bonchev–Trinajstić information content (AvgIpc) is 3.07. The van der Waals surface area contributed by atoms with E-state index in [4.69, 9.17) is 0 Å². The third-order valence-electron chi connectivity index (χ3n) is 6.23. The predicted molar refractivity (Wildman–Crippen MR) is 135 cm³/mol. The number of rotatable bonds is 8. The van der Waals surface area contributed by atoms with Crippen molar-refractivity contribution in [3.05, 3.63) is 77.4 Å². The SMILES string of the molecule is CCC(C(=O)NC(C)C)N(Cc1ccc(C)cc1)C(=O)CN1C(=O)c2cccc3cccc1c23. The second-order valence-electron chi connectivity index (χ2n) is 9.17. The van der Waals surface area contributed by atoms with E-state index in [0.717, 1.165) is 27.6 Å². The molecule has 0 aliphatic carbocycles. The van der Waals surface area contributed by atoms with Gasteiger partial charge in [0.2, 0.25) is 11.8 Å². The second-order valence-corrected chi connectivity index (χ2v) is 9.17. The molecule has 1 aliphatic heterocycles. The Morgan fingerprint density at radius 3 is 2.32 bits per heavy atom. The Labute approximate surface area is 200 Å². The number of carbonyl (C=O) groups is 3. The molecule has 0 saturated carbocycles. The van der Waals surface area contributed by atoms with E-state index in [-0.39, 0.29) is 30.3 Å². The lowest BCUT2D eigenvalue weighted by molar-refractivity contribution is -0.140. The standard InChI is InChI=1S/C28H31N3O3/c1-5-23(27(33)29-18(2)3)30(16-20-14-12-19(4)13-15-20)25(32)17-31-24-11-7-9-21-8-6-10-22(26(21)24)28(31)34/h6-15,18,23H,5,16-17H2,1-4H3,(H,29,33). The average molecular weight is 458 g/mol. The van der Waals surface area contributed by atoms with Gasteiger partial charge in [-0.25, -0.2) is 0 Å². The van der Waals surface area contributed by atoms with E-state index in [1.807, 2.05) is 82.3 Å². The van der Waals surface area contributed by atoms with Crippen LogP contribution in [0.2, 0.25) is 0 Å². The number of hydrogen-bond donors (Lipinski definition) is 1. The summed E-state index contributed by atoms with van der Waals surface area (Å²) in [5.41, 5.74) is 3.41. The first-order valence-electron chi connectivity index (χ1n) is 11.8. The van der Waals surface area contributed by atoms with E-state index >= 15 is 0 Å². The van der Waals surface area contributed by atoms with Crippen LogP contribution in [0.15, 0.2) is 60.7 Å². The summed E-state index contributed by atoms with van der Waals surface area (Å²) in [6, 6.07) is 18.6. The Kier molecular flexibility index (Phi) is 6.68. The molecule has 1 unspecified atom stereocenters. The van der Waals surface area contributed by atoms with Gasteiger partial charge in [0.1, 0.15) is 12.6 Å². The van der Waals surface area contributed by atoms with Gasteiger partial charge in [-0.15, -0.1) is 0 Å². The van der Waals surface area contributed by atoms with Crippen LogP contribution in [-0.2, 0) is 16.1 Å². The van der Waals surface area contributed by atoms with Crippen molar-refractivity contribution in [2.24, 2.45) is 0 Å². The van der Waals surface area contributed by atoms with Gasteiger partial charge in [0.25, 0.3) is 5.91 Å². The van der Waals surface area contributed by atoms with Crippen LogP contribution >= 0.6 is 0 Å². The highest BCUT2D eigenvalue weighted by Gasteiger charge is 2.35. The van der Waals surface area contributed by atoms with Crippen LogP contribution < -0.4 is 10.2 Å². The van der Waals surface area contributed by atoms with Gasteiger partial charge >= 0.3 is 0 Å². The molecule has 6 heteroatoms. The minimum Gasteiger partial charge on any atom is -0.352 e. The maximum atomic E-state index is 13.7. The molecular formula is C28H31N3O3. The van der Waals surface area contributed by atoms with Crippen molar-refractivity contribution >= 4 is 34.2 Å². The quantitative estimate of drug-likeness (QED) is 0.544. The molecule has 3 aromatic carbocycles. The van der Waals surface area contributed by atoms with Crippen molar-refractivity contribution in [1.82, 2.24) is 10.2 Å². The lowest BCUT2D eigenvalue weighted by Gasteiger charge is -2.32. The number of nitrogens with zero attached hydrogens (tertiary/aromatic N) is 2. The normalized spacial score (nSPS) is 13.4. The number of hydrogen-bond acceptors (Lipinski definition) is 3. The minimum absolute atomic E-state index is 0.0369. The van der Waals surface area contributed by atoms with E-state index in [1.54, 1.807) is 11.0 Å². The smallest absolute Gasteiger partial charge is 0.259 e. The second kappa shape index (κ2) is 9.67. The third-order valence-corrected chi connectivity index (χ3v) is 6.23. The molecule has 0 spiro atoms. The highest BCUT2D eigenvalue weighted by atomic mass is 16.2. The molecule has 0 saturated heterocycles. The molecule has 1 N–H and O–H groups in total. The summed E-state index contributed by atoms with van der Waals surface area (Å²) in [4.78, 5) is 43.1. The summed E-state index contributed by atoms with van der Waals surface area (Å²) >= 11 is 0. The number of carbonyl (C=O) groups excluding carboxylic acids is 3. The van der Waals surface area contributed by atoms with Gasteiger partial charge in [-0.2, -0.15) is 0 Å². The fourth-order valence-corrected chi connectivity index (χ4v) is 4.55. The van der Waals surface area contributed by atoms with E-state index in [0.29, 0.717) is 18.5 Å². The van der Waals surface area contributed by atoms with Gasteiger partial charge < -0.3 is 10.2 Å². The Hall–Kier alpha value is -3.67. The Balaban J connectivity index is 1.65. The first kappa shape index (κ1) is 23.5. The highest BCUT2D eigenvalue weighted by molar-refractivity contribution is 6.26. The molecule has 0 fully saturated rings. The lowest BCUT2D eigenvalue weighted by atomic mass is 10.1. The Morgan fingerprint density at radius 1 is 1.00 bits per heavy atom. The van der Waals surface area contributed by atoms with Gasteiger partial charge in [0.05, 0.1) is 5.69 Å². The van der Waals surface area contributed by atoms with Gasteiger partial charge in [-0.3, -0.25) is 19.3 Å². The van der Waals surface area contributed by atoms with E-state index in [2.05, 4.69) is 5.32 Å². The maximum Gasteiger partial charge on any atom is 0.259 e. The Morgan fingerprint density at radius 2 is 1.68 bits per heavy atom. The molecule has 4 rings (SSSR count). The molecule has 1 atom stereocenters. The summed E-state index contributed by atoms with van der Waals surface area (Å²) in [6.45, 7) is 7.88. The molecule has 1 aliphatic rings. The van der Waals surface area contributed by atoms with E-state index in [9.17, 15) is 14.4 Å². The van der Waals surface area contributed by atoms with Crippen LogP contribution in [-0.4, -0.2) is 41.2 Å². The zero-order chi connectivity index (χ0) is 24.4. The summed E-state index contributed by atoms with van der Waals surface area (Å²) in [5.74, 6) is -0.629. The van der Waals surface area contributed by atoms with Gasteiger partial charge in [0.15, 0.2) is 0 Å². The summed E-state index contributed by atoms with van der Waals surface area (Å²) in [5, 5.41) is 4.79. The number of nitrogens with one attached hydrogen (secondary N) is 1. The molecule has 6 nitrogen and oxygen atoms in total. The topological polar surface area (TPSA) is 69.7 Å². The van der Waals surface area contributed by atoms with Crippen LogP contribution in [0.5, 0.6) is 0 Å². The third kappa shape index (κ3) is 4.53. The van der Waals surface area contributed by atoms with Crippen molar-refractivity contribution in [3.63, 3.8) is 0 Å². The summed E-state index contributed by atoms with van der Waals surface area (Å²) in [7, 11) is 0. The van der Waals surface area contributed by atoms with Crippen molar-refractivity contribution in [2.45, 2.75) is 52.7 Å². The van der Waals surface area contributed by atoms with Crippen LogP contribution in [0, 0.1) is 6.92 Å². The van der Waals surface area contributed by atoms with Crippen LogP contribution in [0.25, 0.3) is 10.8 Å². The zero-order valence-electron chi connectivity index (χ0n) is 20.2. The molecule has 34 heavy (non-hydrogen) atoms. The highest BCUT2D eigenvalue weighted by Crippen LogP contribution is 2.37. The molecule has 1 heterocycles.